The number of aryl methyl sites for hydroxylation is 1. The van der Waals surface area contributed by atoms with Crippen LogP contribution in [-0.2, 0) is 7.05 Å². The molecule has 0 saturated heterocycles. The van der Waals surface area contributed by atoms with Gasteiger partial charge in [-0.3, -0.25) is 4.79 Å². The van der Waals surface area contributed by atoms with Gasteiger partial charge in [0, 0.05) is 7.05 Å². The number of aromatic nitrogens is 3. The van der Waals surface area contributed by atoms with E-state index in [2.05, 4.69) is 26.2 Å². The van der Waals surface area contributed by atoms with E-state index in [-0.39, 0.29) is 10.3 Å². The van der Waals surface area contributed by atoms with Gasteiger partial charge in [0.1, 0.15) is 17.3 Å². The molecule has 0 N–H and O–H groups in total. The molecule has 1 heterocycles. The molecule has 0 aliphatic carbocycles. The Morgan fingerprint density at radius 2 is 1.94 bits per heavy atom. The van der Waals surface area contributed by atoms with Crippen molar-refractivity contribution in [3.05, 3.63) is 45.7 Å². The third kappa shape index (κ3) is 1.97. The first kappa shape index (κ1) is 11.8. The Morgan fingerprint density at radius 1 is 1.35 bits per heavy atom. The fourth-order valence-corrected chi connectivity index (χ4v) is 1.91. The second kappa shape index (κ2) is 4.33. The summed E-state index contributed by atoms with van der Waals surface area (Å²) in [7, 11) is 1.46. The monoisotopic (exact) mass is 301 g/mol. The van der Waals surface area contributed by atoms with Crippen LogP contribution < -0.4 is 0 Å². The molecule has 0 atom stereocenters. The second-order valence-corrected chi connectivity index (χ2v) is 4.03. The zero-order chi connectivity index (χ0) is 12.6. The Hall–Kier alpha value is -1.63. The highest BCUT2D eigenvalue weighted by molar-refractivity contribution is 9.10. The standard InChI is InChI=1S/C10H6BrF2N3O/c1-16-8(10(11)14-15-16)9(17)7-5(12)3-2-4-6(7)13/h2-4H,1H3. The van der Waals surface area contributed by atoms with Crippen molar-refractivity contribution in [2.24, 2.45) is 7.05 Å². The third-order valence-corrected chi connectivity index (χ3v) is 2.72. The van der Waals surface area contributed by atoms with Gasteiger partial charge in [0.15, 0.2) is 4.60 Å². The lowest BCUT2D eigenvalue weighted by Gasteiger charge is -2.03. The summed E-state index contributed by atoms with van der Waals surface area (Å²) in [6.07, 6.45) is 0. The fourth-order valence-electron chi connectivity index (χ4n) is 1.41. The summed E-state index contributed by atoms with van der Waals surface area (Å²) in [5, 5.41) is 7.16. The van der Waals surface area contributed by atoms with Crippen LogP contribution in [0.3, 0.4) is 0 Å². The highest BCUT2D eigenvalue weighted by Crippen LogP contribution is 2.20. The van der Waals surface area contributed by atoms with Gasteiger partial charge in [0.05, 0.1) is 5.56 Å². The van der Waals surface area contributed by atoms with Crippen LogP contribution >= 0.6 is 15.9 Å². The maximum Gasteiger partial charge on any atom is 0.219 e. The first-order valence-electron chi connectivity index (χ1n) is 4.56. The van der Waals surface area contributed by atoms with Gasteiger partial charge in [-0.25, -0.2) is 13.5 Å². The molecule has 0 bridgehead atoms. The molecule has 0 fully saturated rings. The molecule has 4 nitrogen and oxygen atoms in total. The summed E-state index contributed by atoms with van der Waals surface area (Å²) in [6.45, 7) is 0. The molecule has 1 aromatic carbocycles. The highest BCUT2D eigenvalue weighted by atomic mass is 79.9. The molecule has 0 spiro atoms. The lowest BCUT2D eigenvalue weighted by Crippen LogP contribution is -2.12. The van der Waals surface area contributed by atoms with Gasteiger partial charge in [0.25, 0.3) is 0 Å². The Kier molecular flexibility index (Phi) is 3.01. The zero-order valence-corrected chi connectivity index (χ0v) is 10.2. The second-order valence-electron chi connectivity index (χ2n) is 3.28. The lowest BCUT2D eigenvalue weighted by molar-refractivity contribution is 0.102. The van der Waals surface area contributed by atoms with Crippen LogP contribution in [0, 0.1) is 11.6 Å². The molecule has 7 heteroatoms. The predicted molar refractivity (Wildman–Crippen MR) is 58.5 cm³/mol. The summed E-state index contributed by atoms with van der Waals surface area (Å²) in [6, 6.07) is 3.24. The minimum atomic E-state index is -0.914. The Morgan fingerprint density at radius 3 is 2.41 bits per heavy atom. The molecule has 88 valence electrons. The highest BCUT2D eigenvalue weighted by Gasteiger charge is 2.24. The van der Waals surface area contributed by atoms with Crippen LogP contribution in [0.25, 0.3) is 0 Å². The van der Waals surface area contributed by atoms with E-state index in [1.54, 1.807) is 0 Å². The molecular weight excluding hydrogens is 296 g/mol. The summed E-state index contributed by atoms with van der Waals surface area (Å²) in [4.78, 5) is 12.0. The minimum absolute atomic E-state index is 0.00556. The van der Waals surface area contributed by atoms with Crippen molar-refractivity contribution in [3.8, 4) is 0 Å². The van der Waals surface area contributed by atoms with Gasteiger partial charge in [0.2, 0.25) is 5.78 Å². The smallest absolute Gasteiger partial charge is 0.219 e. The number of rotatable bonds is 2. The quantitative estimate of drug-likeness (QED) is 0.798. The van der Waals surface area contributed by atoms with Crippen LogP contribution in [0.2, 0.25) is 0 Å². The van der Waals surface area contributed by atoms with E-state index in [1.165, 1.54) is 13.1 Å². The Bertz CT molecular complexity index is 557. The predicted octanol–water partition coefficient (Wildman–Crippen LogP) is 2.09. The van der Waals surface area contributed by atoms with E-state index in [1.807, 2.05) is 0 Å². The molecule has 0 aliphatic rings. The lowest BCUT2D eigenvalue weighted by atomic mass is 10.1. The maximum atomic E-state index is 13.4. The van der Waals surface area contributed by atoms with Gasteiger partial charge in [-0.2, -0.15) is 0 Å². The van der Waals surface area contributed by atoms with Crippen molar-refractivity contribution in [2.45, 2.75) is 0 Å². The van der Waals surface area contributed by atoms with E-state index < -0.39 is 23.0 Å². The van der Waals surface area contributed by atoms with Crippen molar-refractivity contribution in [1.29, 1.82) is 0 Å². The number of carbonyl (C=O) groups excluding carboxylic acids is 1. The molecule has 2 aromatic rings. The number of ketones is 1. The fraction of sp³-hybridized carbons (Fsp3) is 0.100. The summed E-state index contributed by atoms with van der Waals surface area (Å²) in [5.41, 5.74) is -0.618. The first-order chi connectivity index (χ1) is 8.02. The number of benzene rings is 1. The average Bonchev–Trinajstić information content (AvgIpc) is 2.58. The van der Waals surface area contributed by atoms with Crippen LogP contribution in [0.15, 0.2) is 22.8 Å². The minimum Gasteiger partial charge on any atom is -0.287 e. The van der Waals surface area contributed by atoms with E-state index in [9.17, 15) is 13.6 Å². The van der Waals surface area contributed by atoms with Crippen LogP contribution in [0.4, 0.5) is 8.78 Å². The van der Waals surface area contributed by atoms with Crippen molar-refractivity contribution < 1.29 is 13.6 Å². The number of halogens is 3. The van der Waals surface area contributed by atoms with Gasteiger partial charge in [-0.05, 0) is 28.1 Å². The van der Waals surface area contributed by atoms with E-state index >= 15 is 0 Å². The molecule has 0 radical (unpaired) electrons. The van der Waals surface area contributed by atoms with Gasteiger partial charge < -0.3 is 0 Å². The summed E-state index contributed by atoms with van der Waals surface area (Å²) < 4.78 is 28.2. The number of hydrogen-bond acceptors (Lipinski definition) is 3. The molecule has 2 rings (SSSR count). The Labute approximate surface area is 103 Å². The normalized spacial score (nSPS) is 10.6. The van der Waals surface area contributed by atoms with Crippen molar-refractivity contribution in [2.75, 3.05) is 0 Å². The number of carbonyl (C=O) groups is 1. The SMILES string of the molecule is Cn1nnc(Br)c1C(=O)c1c(F)cccc1F. The molecule has 17 heavy (non-hydrogen) atoms. The van der Waals surface area contributed by atoms with Crippen LogP contribution in [0.1, 0.15) is 16.1 Å². The average molecular weight is 302 g/mol. The van der Waals surface area contributed by atoms with Crippen LogP contribution in [-0.4, -0.2) is 20.8 Å². The maximum absolute atomic E-state index is 13.4. The zero-order valence-electron chi connectivity index (χ0n) is 8.62. The molecule has 1 aromatic heterocycles. The molecular formula is C10H6BrF2N3O. The first-order valence-corrected chi connectivity index (χ1v) is 5.35. The van der Waals surface area contributed by atoms with Crippen molar-refractivity contribution in [3.63, 3.8) is 0 Å². The molecule has 0 amide bonds. The third-order valence-electron chi connectivity index (χ3n) is 2.19. The largest absolute Gasteiger partial charge is 0.287 e. The summed E-state index contributed by atoms with van der Waals surface area (Å²) in [5.74, 6) is -2.63. The Balaban J connectivity index is 2.59. The van der Waals surface area contributed by atoms with Crippen LogP contribution in [0.5, 0.6) is 0 Å². The van der Waals surface area contributed by atoms with Gasteiger partial charge in [-0.15, -0.1) is 5.10 Å². The molecule has 0 aliphatic heterocycles. The molecule has 0 saturated carbocycles. The van der Waals surface area contributed by atoms with Crippen molar-refractivity contribution in [1.82, 2.24) is 15.0 Å². The number of hydrogen-bond donors (Lipinski definition) is 0. The molecule has 0 unspecified atom stereocenters. The van der Waals surface area contributed by atoms with E-state index in [4.69, 9.17) is 0 Å². The number of nitrogens with zero attached hydrogens (tertiary/aromatic N) is 3. The van der Waals surface area contributed by atoms with E-state index in [0.717, 1.165) is 16.8 Å². The van der Waals surface area contributed by atoms with E-state index in [0.29, 0.717) is 0 Å². The van der Waals surface area contributed by atoms with Gasteiger partial charge in [-0.1, -0.05) is 11.3 Å². The topological polar surface area (TPSA) is 47.8 Å². The van der Waals surface area contributed by atoms with Crippen molar-refractivity contribution >= 4 is 21.7 Å². The van der Waals surface area contributed by atoms with Gasteiger partial charge >= 0.3 is 0 Å². The summed E-state index contributed by atoms with van der Waals surface area (Å²) >= 11 is 3.00.